The van der Waals surface area contributed by atoms with Crippen LogP contribution in [0.25, 0.3) is 0 Å². The van der Waals surface area contributed by atoms with Crippen molar-refractivity contribution in [3.05, 3.63) is 71.5 Å². The molecule has 4 nitrogen and oxygen atoms in total. The molecular formula is C24H31FN2O2S. The summed E-state index contributed by atoms with van der Waals surface area (Å²) < 4.78 is 13.3. The molecule has 2 aromatic carbocycles. The molecule has 0 aliphatic heterocycles. The van der Waals surface area contributed by atoms with Gasteiger partial charge in [-0.2, -0.15) is 0 Å². The minimum absolute atomic E-state index is 0.0433. The Hall–Kier alpha value is -2.34. The van der Waals surface area contributed by atoms with Crippen molar-refractivity contribution in [2.45, 2.75) is 58.0 Å². The average Bonchev–Trinajstić information content (AvgIpc) is 2.75. The fourth-order valence-electron chi connectivity index (χ4n) is 3.06. The normalized spacial score (nSPS) is 12.8. The van der Waals surface area contributed by atoms with E-state index in [2.05, 4.69) is 5.32 Å². The van der Waals surface area contributed by atoms with E-state index in [1.165, 1.54) is 23.9 Å². The monoisotopic (exact) mass is 430 g/mol. The molecule has 2 aromatic rings. The van der Waals surface area contributed by atoms with Gasteiger partial charge < -0.3 is 10.2 Å². The van der Waals surface area contributed by atoms with E-state index in [1.807, 2.05) is 51.1 Å². The molecule has 162 valence electrons. The van der Waals surface area contributed by atoms with E-state index in [0.29, 0.717) is 6.42 Å². The molecule has 0 radical (unpaired) electrons. The van der Waals surface area contributed by atoms with Crippen LogP contribution in [0.1, 0.15) is 44.7 Å². The van der Waals surface area contributed by atoms with Crippen LogP contribution in [0.4, 0.5) is 4.39 Å². The van der Waals surface area contributed by atoms with Crippen LogP contribution in [0.5, 0.6) is 0 Å². The largest absolute Gasteiger partial charge is 0.352 e. The third kappa shape index (κ3) is 7.48. The quantitative estimate of drug-likeness (QED) is 0.558. The summed E-state index contributed by atoms with van der Waals surface area (Å²) in [7, 11) is 0. The molecular weight excluding hydrogens is 399 g/mol. The average molecular weight is 431 g/mol. The smallest absolute Gasteiger partial charge is 0.243 e. The van der Waals surface area contributed by atoms with Gasteiger partial charge in [0.2, 0.25) is 11.8 Å². The van der Waals surface area contributed by atoms with Crippen molar-refractivity contribution in [2.75, 3.05) is 5.75 Å². The number of rotatable bonds is 11. The van der Waals surface area contributed by atoms with Crippen molar-refractivity contribution in [3.8, 4) is 0 Å². The molecule has 0 heterocycles. The summed E-state index contributed by atoms with van der Waals surface area (Å²) in [5.41, 5.74) is 1.95. The second-order valence-corrected chi connectivity index (χ2v) is 8.35. The highest BCUT2D eigenvalue weighted by Gasteiger charge is 2.29. The van der Waals surface area contributed by atoms with Gasteiger partial charge in [0.05, 0.1) is 5.75 Å². The summed E-state index contributed by atoms with van der Waals surface area (Å²) >= 11 is 1.53. The zero-order chi connectivity index (χ0) is 21.9. The molecule has 6 heteroatoms. The fourth-order valence-corrected chi connectivity index (χ4v) is 3.93. The Kier molecular flexibility index (Phi) is 9.87. The number of amides is 2. The summed E-state index contributed by atoms with van der Waals surface area (Å²) in [5, 5.41) is 2.99. The number of hydrogen-bond acceptors (Lipinski definition) is 3. The first-order chi connectivity index (χ1) is 14.4. The minimum Gasteiger partial charge on any atom is -0.352 e. The lowest BCUT2D eigenvalue weighted by Crippen LogP contribution is -2.51. The summed E-state index contributed by atoms with van der Waals surface area (Å²) in [6.07, 6.45) is 1.33. The van der Waals surface area contributed by atoms with Crippen LogP contribution in [0.3, 0.4) is 0 Å². The van der Waals surface area contributed by atoms with E-state index in [-0.39, 0.29) is 36.0 Å². The molecule has 0 aliphatic carbocycles. The van der Waals surface area contributed by atoms with Crippen LogP contribution in [-0.2, 0) is 21.9 Å². The first-order valence-corrected chi connectivity index (χ1v) is 11.6. The molecule has 30 heavy (non-hydrogen) atoms. The number of halogens is 1. The lowest BCUT2D eigenvalue weighted by molar-refractivity contribution is -0.139. The van der Waals surface area contributed by atoms with Gasteiger partial charge in [0, 0.05) is 18.3 Å². The van der Waals surface area contributed by atoms with Crippen molar-refractivity contribution >= 4 is 23.6 Å². The maximum atomic E-state index is 13.3. The van der Waals surface area contributed by atoms with Crippen LogP contribution in [-0.4, -0.2) is 34.6 Å². The van der Waals surface area contributed by atoms with Crippen molar-refractivity contribution in [3.63, 3.8) is 0 Å². The lowest BCUT2D eigenvalue weighted by Gasteiger charge is -2.31. The Labute approximate surface area is 183 Å². The minimum atomic E-state index is -0.561. The highest BCUT2D eigenvalue weighted by molar-refractivity contribution is 7.99. The predicted molar refractivity (Wildman–Crippen MR) is 122 cm³/mol. The molecule has 0 unspecified atom stereocenters. The molecule has 0 aromatic heterocycles. The number of nitrogens with zero attached hydrogens (tertiary/aromatic N) is 1. The third-order valence-electron chi connectivity index (χ3n) is 4.99. The van der Waals surface area contributed by atoms with E-state index in [4.69, 9.17) is 0 Å². The van der Waals surface area contributed by atoms with E-state index < -0.39 is 6.04 Å². The van der Waals surface area contributed by atoms with Gasteiger partial charge in [0.25, 0.3) is 0 Å². The summed E-state index contributed by atoms with van der Waals surface area (Å²) in [5.74, 6) is 0.453. The first kappa shape index (κ1) is 23.9. The Balaban J connectivity index is 2.12. The lowest BCUT2D eigenvalue weighted by atomic mass is 10.1. The molecule has 0 saturated heterocycles. The van der Waals surface area contributed by atoms with Gasteiger partial charge in [-0.05, 0) is 43.0 Å². The van der Waals surface area contributed by atoms with Crippen LogP contribution < -0.4 is 5.32 Å². The fraction of sp³-hybridized carbons (Fsp3) is 0.417. The molecule has 0 aliphatic rings. The van der Waals surface area contributed by atoms with E-state index >= 15 is 0 Å². The first-order valence-electron chi connectivity index (χ1n) is 10.4. The van der Waals surface area contributed by atoms with Crippen LogP contribution in [0, 0.1) is 5.82 Å². The molecule has 0 bridgehead atoms. The highest BCUT2D eigenvalue weighted by Crippen LogP contribution is 2.17. The maximum absolute atomic E-state index is 13.3. The summed E-state index contributed by atoms with van der Waals surface area (Å²) in [6, 6.07) is 15.5. The summed E-state index contributed by atoms with van der Waals surface area (Å²) in [4.78, 5) is 27.6. The topological polar surface area (TPSA) is 49.4 Å². The number of thioether (sulfide) groups is 1. The molecule has 2 amide bonds. The van der Waals surface area contributed by atoms with Crippen molar-refractivity contribution in [1.82, 2.24) is 10.2 Å². The Morgan fingerprint density at radius 3 is 2.27 bits per heavy atom. The molecule has 0 saturated carbocycles. The molecule has 2 atom stereocenters. The van der Waals surface area contributed by atoms with Gasteiger partial charge in [-0.25, -0.2) is 4.39 Å². The van der Waals surface area contributed by atoms with Gasteiger partial charge in [-0.15, -0.1) is 11.8 Å². The Bertz CT molecular complexity index is 799. The van der Waals surface area contributed by atoms with Crippen molar-refractivity contribution in [1.29, 1.82) is 0 Å². The van der Waals surface area contributed by atoms with Gasteiger partial charge in [-0.3, -0.25) is 9.59 Å². The zero-order valence-electron chi connectivity index (χ0n) is 17.9. The highest BCUT2D eigenvalue weighted by atomic mass is 32.2. The Morgan fingerprint density at radius 2 is 1.67 bits per heavy atom. The second kappa shape index (κ2) is 12.4. The van der Waals surface area contributed by atoms with Crippen LogP contribution >= 0.6 is 11.8 Å². The van der Waals surface area contributed by atoms with Crippen molar-refractivity contribution in [2.24, 2.45) is 0 Å². The van der Waals surface area contributed by atoms with Gasteiger partial charge in [0.15, 0.2) is 0 Å². The molecule has 1 N–H and O–H groups in total. The Morgan fingerprint density at radius 1 is 1.00 bits per heavy atom. The van der Waals surface area contributed by atoms with Gasteiger partial charge >= 0.3 is 0 Å². The number of hydrogen-bond donors (Lipinski definition) is 1. The molecule has 2 rings (SSSR count). The SMILES string of the molecule is CC[C@@H](C)NC(=O)[C@@H](CC)N(Cc1ccc(F)cc1)C(=O)CSCc1ccccc1. The van der Waals surface area contributed by atoms with E-state index in [0.717, 1.165) is 23.3 Å². The standard InChI is InChI=1S/C24H31FN2O2S/c1-4-18(3)26-24(29)22(5-2)27(15-19-11-13-21(25)14-12-19)23(28)17-30-16-20-9-7-6-8-10-20/h6-14,18,22H,4-5,15-17H2,1-3H3,(H,26,29)/t18-,22-/m1/s1. The molecule has 0 spiro atoms. The number of benzene rings is 2. The summed E-state index contributed by atoms with van der Waals surface area (Å²) in [6.45, 7) is 6.14. The second-order valence-electron chi connectivity index (χ2n) is 7.37. The zero-order valence-corrected chi connectivity index (χ0v) is 18.8. The van der Waals surface area contributed by atoms with Gasteiger partial charge in [0.1, 0.15) is 11.9 Å². The van der Waals surface area contributed by atoms with Crippen molar-refractivity contribution < 1.29 is 14.0 Å². The van der Waals surface area contributed by atoms with Gasteiger partial charge in [-0.1, -0.05) is 56.3 Å². The number of nitrogens with one attached hydrogen (secondary N) is 1. The third-order valence-corrected chi connectivity index (χ3v) is 5.98. The predicted octanol–water partition coefficient (Wildman–Crippen LogP) is 4.78. The maximum Gasteiger partial charge on any atom is 0.243 e. The van der Waals surface area contributed by atoms with E-state index in [1.54, 1.807) is 17.0 Å². The van der Waals surface area contributed by atoms with Crippen LogP contribution in [0.15, 0.2) is 54.6 Å². The van der Waals surface area contributed by atoms with E-state index in [9.17, 15) is 14.0 Å². The number of carbonyl (C=O) groups excluding carboxylic acids is 2. The molecule has 0 fully saturated rings. The van der Waals surface area contributed by atoms with Crippen LogP contribution in [0.2, 0.25) is 0 Å². The number of carbonyl (C=O) groups is 2.